The smallest absolute Gasteiger partial charge is 0.336 e. The van der Waals surface area contributed by atoms with Crippen LogP contribution in [0.4, 0.5) is 4.39 Å². The number of ether oxygens (including phenoxy) is 3. The van der Waals surface area contributed by atoms with Crippen LogP contribution in [0.25, 0.3) is 0 Å². The number of carbonyl (C=O) groups is 1. The molecule has 0 radical (unpaired) electrons. The summed E-state index contributed by atoms with van der Waals surface area (Å²) in [5, 5.41) is 0. The number of rotatable bonds is 4. The van der Waals surface area contributed by atoms with Gasteiger partial charge in [-0.05, 0) is 19.1 Å². The molecule has 1 aromatic rings. The van der Waals surface area contributed by atoms with Gasteiger partial charge in [-0.3, -0.25) is 0 Å². The molecule has 0 bridgehead atoms. The Morgan fingerprint density at radius 3 is 3.00 bits per heavy atom. The van der Waals surface area contributed by atoms with E-state index in [9.17, 15) is 9.18 Å². The van der Waals surface area contributed by atoms with Crippen molar-refractivity contribution in [2.24, 2.45) is 0 Å². The van der Waals surface area contributed by atoms with E-state index in [4.69, 9.17) is 14.2 Å². The van der Waals surface area contributed by atoms with Gasteiger partial charge in [0.2, 0.25) is 0 Å². The van der Waals surface area contributed by atoms with Crippen molar-refractivity contribution in [2.45, 2.75) is 13.0 Å². The van der Waals surface area contributed by atoms with Crippen LogP contribution >= 0.6 is 0 Å². The molecule has 1 aromatic carbocycles. The second-order valence-corrected chi connectivity index (χ2v) is 3.96. The predicted octanol–water partition coefficient (Wildman–Crippen LogP) is 2.40. The van der Waals surface area contributed by atoms with Crippen LogP contribution in [-0.4, -0.2) is 26.3 Å². The van der Waals surface area contributed by atoms with E-state index < -0.39 is 17.9 Å². The minimum absolute atomic E-state index is 0.121. The van der Waals surface area contributed by atoms with Crippen molar-refractivity contribution < 1.29 is 23.4 Å². The fraction of sp³-hybridized carbons (Fsp3) is 0.357. The van der Waals surface area contributed by atoms with E-state index in [0.29, 0.717) is 5.57 Å². The normalized spacial score (nSPS) is 18.1. The van der Waals surface area contributed by atoms with Crippen molar-refractivity contribution >= 4 is 5.97 Å². The monoisotopic (exact) mass is 266 g/mol. The van der Waals surface area contributed by atoms with Crippen molar-refractivity contribution in [3.8, 4) is 5.75 Å². The lowest BCUT2D eigenvalue weighted by atomic mass is 10.0. The van der Waals surface area contributed by atoms with Gasteiger partial charge >= 0.3 is 5.97 Å². The van der Waals surface area contributed by atoms with Crippen LogP contribution in [0.2, 0.25) is 0 Å². The van der Waals surface area contributed by atoms with Gasteiger partial charge < -0.3 is 14.2 Å². The van der Waals surface area contributed by atoms with Gasteiger partial charge in [0, 0.05) is 5.56 Å². The molecule has 1 aliphatic rings. The first-order chi connectivity index (χ1) is 9.19. The molecular formula is C14H15FO4. The van der Waals surface area contributed by atoms with Crippen molar-refractivity contribution in [2.75, 3.05) is 20.3 Å². The average molecular weight is 266 g/mol. The minimum Gasteiger partial charge on any atom is -0.494 e. The summed E-state index contributed by atoms with van der Waals surface area (Å²) in [5.74, 6) is -0.879. The van der Waals surface area contributed by atoms with E-state index in [1.165, 1.54) is 13.2 Å². The first-order valence-corrected chi connectivity index (χ1v) is 6.00. The predicted molar refractivity (Wildman–Crippen MR) is 66.4 cm³/mol. The molecule has 0 amide bonds. The van der Waals surface area contributed by atoms with Crippen LogP contribution in [-0.2, 0) is 14.3 Å². The van der Waals surface area contributed by atoms with Crippen molar-refractivity contribution in [3.63, 3.8) is 0 Å². The van der Waals surface area contributed by atoms with Crippen LogP contribution < -0.4 is 4.74 Å². The Labute approximate surface area is 110 Å². The zero-order valence-electron chi connectivity index (χ0n) is 10.8. The van der Waals surface area contributed by atoms with Crippen LogP contribution in [0.1, 0.15) is 18.6 Å². The molecule has 0 N–H and O–H groups in total. The highest BCUT2D eigenvalue weighted by Crippen LogP contribution is 2.35. The molecule has 102 valence electrons. The molecule has 0 aromatic heterocycles. The standard InChI is InChI=1S/C14H15FO4/c1-3-18-14(16)10-7-8-19-13(10)9-5-4-6-11(17-2)12(9)15/h4-7,13H,3,8H2,1-2H3. The Hall–Kier alpha value is -1.88. The van der Waals surface area contributed by atoms with Gasteiger partial charge in [-0.1, -0.05) is 12.1 Å². The molecule has 0 saturated carbocycles. The minimum atomic E-state index is -0.742. The molecule has 0 fully saturated rings. The average Bonchev–Trinajstić information content (AvgIpc) is 2.88. The van der Waals surface area contributed by atoms with Gasteiger partial charge in [0.05, 0.1) is 25.9 Å². The lowest BCUT2D eigenvalue weighted by molar-refractivity contribution is -0.139. The number of hydrogen-bond acceptors (Lipinski definition) is 4. The topological polar surface area (TPSA) is 44.8 Å². The summed E-state index contributed by atoms with van der Waals surface area (Å²) in [7, 11) is 1.39. The highest BCUT2D eigenvalue weighted by Gasteiger charge is 2.31. The molecule has 2 rings (SSSR count). The Morgan fingerprint density at radius 1 is 1.53 bits per heavy atom. The van der Waals surface area contributed by atoms with Crippen LogP contribution in [0, 0.1) is 5.82 Å². The van der Waals surface area contributed by atoms with Crippen molar-refractivity contribution in [1.82, 2.24) is 0 Å². The maximum atomic E-state index is 14.2. The number of halogens is 1. The molecule has 1 heterocycles. The van der Waals surface area contributed by atoms with Crippen LogP contribution in [0.5, 0.6) is 5.75 Å². The van der Waals surface area contributed by atoms with E-state index in [0.717, 1.165) is 0 Å². The lowest BCUT2D eigenvalue weighted by Crippen LogP contribution is -2.14. The molecule has 1 atom stereocenters. The van der Waals surface area contributed by atoms with Gasteiger partial charge in [0.1, 0.15) is 6.10 Å². The SMILES string of the molecule is CCOC(=O)C1=CCOC1c1cccc(OC)c1F. The second kappa shape index (κ2) is 5.84. The summed E-state index contributed by atoms with van der Waals surface area (Å²) in [6.45, 7) is 2.24. The van der Waals surface area contributed by atoms with Gasteiger partial charge in [-0.15, -0.1) is 0 Å². The van der Waals surface area contributed by atoms with Gasteiger partial charge in [0.15, 0.2) is 11.6 Å². The molecule has 5 heteroatoms. The van der Waals surface area contributed by atoms with Gasteiger partial charge in [-0.25, -0.2) is 9.18 Å². The molecule has 4 nitrogen and oxygen atoms in total. The first-order valence-electron chi connectivity index (χ1n) is 6.00. The Bertz CT molecular complexity index is 510. The van der Waals surface area contributed by atoms with Gasteiger partial charge in [-0.2, -0.15) is 0 Å². The Balaban J connectivity index is 2.32. The summed E-state index contributed by atoms with van der Waals surface area (Å²) in [5.41, 5.74) is 0.602. The van der Waals surface area contributed by atoms with Crippen LogP contribution in [0.3, 0.4) is 0 Å². The van der Waals surface area contributed by atoms with E-state index in [-0.39, 0.29) is 24.5 Å². The third-order valence-electron chi connectivity index (χ3n) is 2.86. The zero-order chi connectivity index (χ0) is 13.8. The molecule has 1 aliphatic heterocycles. The van der Waals surface area contributed by atoms with E-state index in [1.54, 1.807) is 25.1 Å². The quantitative estimate of drug-likeness (QED) is 0.785. The summed E-state index contributed by atoms with van der Waals surface area (Å²) in [6, 6.07) is 4.74. The number of esters is 1. The fourth-order valence-electron chi connectivity index (χ4n) is 1.98. The van der Waals surface area contributed by atoms with Crippen molar-refractivity contribution in [3.05, 3.63) is 41.2 Å². The summed E-state index contributed by atoms with van der Waals surface area (Å²) in [6.07, 6.45) is 0.871. The largest absolute Gasteiger partial charge is 0.494 e. The molecule has 1 unspecified atom stereocenters. The second-order valence-electron chi connectivity index (χ2n) is 3.96. The van der Waals surface area contributed by atoms with Crippen molar-refractivity contribution in [1.29, 1.82) is 0 Å². The third-order valence-corrected chi connectivity index (χ3v) is 2.86. The first kappa shape index (κ1) is 13.5. The van der Waals surface area contributed by atoms with E-state index in [1.807, 2.05) is 0 Å². The molecule has 0 saturated heterocycles. The summed E-state index contributed by atoms with van der Waals surface area (Å²) in [4.78, 5) is 11.8. The molecule has 0 aliphatic carbocycles. The number of methoxy groups -OCH3 is 1. The fourth-order valence-corrected chi connectivity index (χ4v) is 1.98. The summed E-state index contributed by atoms with van der Waals surface area (Å²) < 4.78 is 29.4. The molecule has 0 spiro atoms. The highest BCUT2D eigenvalue weighted by atomic mass is 19.1. The molecular weight excluding hydrogens is 251 g/mol. The highest BCUT2D eigenvalue weighted by molar-refractivity contribution is 5.90. The number of carbonyl (C=O) groups excluding carboxylic acids is 1. The number of benzene rings is 1. The maximum Gasteiger partial charge on any atom is 0.336 e. The zero-order valence-corrected chi connectivity index (χ0v) is 10.8. The maximum absolute atomic E-state index is 14.2. The number of hydrogen-bond donors (Lipinski definition) is 0. The third kappa shape index (κ3) is 2.61. The van der Waals surface area contributed by atoms with E-state index in [2.05, 4.69) is 0 Å². The van der Waals surface area contributed by atoms with E-state index >= 15 is 0 Å². The Morgan fingerprint density at radius 2 is 2.32 bits per heavy atom. The lowest BCUT2D eigenvalue weighted by Gasteiger charge is -2.16. The van der Waals surface area contributed by atoms with Gasteiger partial charge in [0.25, 0.3) is 0 Å². The van der Waals surface area contributed by atoms with Crippen LogP contribution in [0.15, 0.2) is 29.8 Å². The molecule has 19 heavy (non-hydrogen) atoms. The Kier molecular flexibility index (Phi) is 4.16. The summed E-state index contributed by atoms with van der Waals surface area (Å²) >= 11 is 0.